The van der Waals surface area contributed by atoms with E-state index in [0.717, 1.165) is 33.3 Å². The van der Waals surface area contributed by atoms with Crippen LogP contribution in [0, 0.1) is 6.42 Å². The summed E-state index contributed by atoms with van der Waals surface area (Å²) in [6.07, 6.45) is 8.34. The highest BCUT2D eigenvalue weighted by molar-refractivity contribution is 5.87. The van der Waals surface area contributed by atoms with Crippen molar-refractivity contribution in [1.82, 2.24) is 9.97 Å². The minimum atomic E-state index is -0.0504. The summed E-state index contributed by atoms with van der Waals surface area (Å²) < 4.78 is 5.30. The van der Waals surface area contributed by atoms with Gasteiger partial charge >= 0.3 is 0 Å². The maximum Gasteiger partial charge on any atom is 0.139 e. The minimum Gasteiger partial charge on any atom is -0.495 e. The van der Waals surface area contributed by atoms with Gasteiger partial charge in [0.2, 0.25) is 0 Å². The molecule has 0 spiro atoms. The van der Waals surface area contributed by atoms with Gasteiger partial charge in [0, 0.05) is 36.2 Å². The molecule has 147 valence electrons. The van der Waals surface area contributed by atoms with Gasteiger partial charge in [0.05, 0.1) is 31.2 Å². The van der Waals surface area contributed by atoms with E-state index in [-0.39, 0.29) is 12.6 Å². The number of H-pyrrole nitrogens is 1. The highest BCUT2D eigenvalue weighted by Crippen LogP contribution is 2.31. The van der Waals surface area contributed by atoms with Gasteiger partial charge in [-0.1, -0.05) is 48.5 Å². The van der Waals surface area contributed by atoms with E-state index in [4.69, 9.17) is 4.74 Å². The van der Waals surface area contributed by atoms with Gasteiger partial charge in [-0.25, -0.2) is 0 Å². The highest BCUT2D eigenvalue weighted by atomic mass is 16.5. The van der Waals surface area contributed by atoms with Crippen LogP contribution in [-0.4, -0.2) is 28.8 Å². The van der Waals surface area contributed by atoms with Gasteiger partial charge in [-0.15, -0.1) is 0 Å². The molecule has 0 saturated heterocycles. The molecule has 0 fully saturated rings. The van der Waals surface area contributed by atoms with Crippen molar-refractivity contribution < 1.29 is 9.84 Å². The SMILES string of the molecule is COc1cncc(NC([CH]c2c[nH]c3c(CCO)cccc23)c2ccccc2)c1. The number of hydrogen-bond acceptors (Lipinski definition) is 4. The van der Waals surface area contributed by atoms with Crippen molar-refractivity contribution in [3.63, 3.8) is 0 Å². The molecule has 0 aliphatic heterocycles. The zero-order valence-corrected chi connectivity index (χ0v) is 16.3. The van der Waals surface area contributed by atoms with Gasteiger partial charge in [0.25, 0.3) is 0 Å². The van der Waals surface area contributed by atoms with Gasteiger partial charge in [0.1, 0.15) is 5.75 Å². The molecule has 0 bridgehead atoms. The molecule has 5 heteroatoms. The Hall–Kier alpha value is -3.31. The number of aliphatic hydroxyl groups excluding tert-OH is 1. The number of anilines is 1. The van der Waals surface area contributed by atoms with Crippen molar-refractivity contribution in [3.05, 3.63) is 96.3 Å². The van der Waals surface area contributed by atoms with Crippen LogP contribution >= 0.6 is 0 Å². The molecule has 2 heterocycles. The Morgan fingerprint density at radius 3 is 2.79 bits per heavy atom. The second-order valence-electron chi connectivity index (χ2n) is 6.87. The summed E-state index contributed by atoms with van der Waals surface area (Å²) in [6.45, 7) is 0.133. The molecule has 0 aliphatic carbocycles. The number of pyridine rings is 1. The summed E-state index contributed by atoms with van der Waals surface area (Å²) in [6, 6.07) is 18.4. The van der Waals surface area contributed by atoms with Crippen LogP contribution in [0.3, 0.4) is 0 Å². The van der Waals surface area contributed by atoms with Crippen molar-refractivity contribution >= 4 is 16.6 Å². The number of ether oxygens (including phenoxy) is 1. The van der Waals surface area contributed by atoms with Gasteiger partial charge in [-0.05, 0) is 23.1 Å². The topological polar surface area (TPSA) is 70.2 Å². The van der Waals surface area contributed by atoms with Crippen molar-refractivity contribution in [1.29, 1.82) is 0 Å². The van der Waals surface area contributed by atoms with E-state index in [1.54, 1.807) is 19.5 Å². The number of para-hydroxylation sites is 1. The molecule has 4 rings (SSSR count). The number of methoxy groups -OCH3 is 1. The van der Waals surface area contributed by atoms with E-state index in [2.05, 4.69) is 39.9 Å². The Kier molecular flexibility index (Phi) is 5.77. The van der Waals surface area contributed by atoms with E-state index >= 15 is 0 Å². The molecule has 0 amide bonds. The van der Waals surface area contributed by atoms with E-state index in [1.807, 2.05) is 42.6 Å². The highest BCUT2D eigenvalue weighted by Gasteiger charge is 2.16. The third-order valence-electron chi connectivity index (χ3n) is 4.99. The fourth-order valence-electron chi connectivity index (χ4n) is 3.56. The van der Waals surface area contributed by atoms with E-state index in [1.165, 1.54) is 0 Å². The summed E-state index contributed by atoms with van der Waals surface area (Å²) in [5.74, 6) is 0.711. The lowest BCUT2D eigenvalue weighted by Crippen LogP contribution is -2.12. The third-order valence-corrected chi connectivity index (χ3v) is 4.99. The van der Waals surface area contributed by atoms with Crippen LogP contribution < -0.4 is 10.1 Å². The number of nitrogens with zero attached hydrogens (tertiary/aromatic N) is 1. The summed E-state index contributed by atoms with van der Waals surface area (Å²) in [7, 11) is 1.64. The fraction of sp³-hybridized carbons (Fsp3) is 0.167. The predicted octanol–water partition coefficient (Wildman–Crippen LogP) is 4.51. The second kappa shape index (κ2) is 8.80. The van der Waals surface area contributed by atoms with Crippen LogP contribution in [0.5, 0.6) is 5.75 Å². The Morgan fingerprint density at radius 2 is 2.00 bits per heavy atom. The first-order valence-electron chi connectivity index (χ1n) is 9.63. The lowest BCUT2D eigenvalue weighted by Gasteiger charge is -2.20. The number of benzene rings is 2. The number of aromatic amines is 1. The van der Waals surface area contributed by atoms with Crippen molar-refractivity contribution in [3.8, 4) is 5.75 Å². The van der Waals surface area contributed by atoms with Crippen LogP contribution in [0.25, 0.3) is 10.9 Å². The maximum atomic E-state index is 9.34. The van der Waals surface area contributed by atoms with Crippen LogP contribution in [0.2, 0.25) is 0 Å². The van der Waals surface area contributed by atoms with Crippen molar-refractivity contribution in [2.75, 3.05) is 19.0 Å². The number of rotatable bonds is 8. The molecule has 1 radical (unpaired) electrons. The normalized spacial score (nSPS) is 12.1. The Balaban J connectivity index is 1.67. The standard InChI is InChI=1S/C24H24N3O2/c1-29-21-13-20(15-25-16-21)27-23(17-6-3-2-4-7-17)12-19-14-26-24-18(10-11-28)8-5-9-22(19)24/h2-9,12-16,23,26-28H,10-11H2,1H3. The first-order valence-corrected chi connectivity index (χ1v) is 9.63. The quantitative estimate of drug-likeness (QED) is 0.417. The zero-order valence-electron chi connectivity index (χ0n) is 16.3. The lowest BCUT2D eigenvalue weighted by molar-refractivity contribution is 0.300. The first kappa shape index (κ1) is 19.0. The molecule has 3 N–H and O–H groups in total. The number of aromatic nitrogens is 2. The minimum absolute atomic E-state index is 0.0504. The summed E-state index contributed by atoms with van der Waals surface area (Å²) >= 11 is 0. The maximum absolute atomic E-state index is 9.34. The van der Waals surface area contributed by atoms with Crippen LogP contribution in [0.15, 0.2) is 73.2 Å². The Labute approximate surface area is 170 Å². The Morgan fingerprint density at radius 1 is 1.14 bits per heavy atom. The summed E-state index contributed by atoms with van der Waals surface area (Å²) in [5, 5.41) is 14.0. The van der Waals surface area contributed by atoms with Gasteiger partial charge in [0.15, 0.2) is 0 Å². The van der Waals surface area contributed by atoms with Crippen molar-refractivity contribution in [2.24, 2.45) is 0 Å². The van der Waals surface area contributed by atoms with Crippen LogP contribution in [0.4, 0.5) is 5.69 Å². The second-order valence-corrected chi connectivity index (χ2v) is 6.87. The number of fused-ring (bicyclic) bond motifs is 1. The predicted molar refractivity (Wildman–Crippen MR) is 116 cm³/mol. The van der Waals surface area contributed by atoms with Gasteiger partial charge in [-0.2, -0.15) is 0 Å². The molecule has 2 aromatic carbocycles. The molecule has 5 nitrogen and oxygen atoms in total. The number of hydrogen-bond donors (Lipinski definition) is 3. The molecule has 29 heavy (non-hydrogen) atoms. The molecular weight excluding hydrogens is 362 g/mol. The molecule has 2 aromatic heterocycles. The summed E-state index contributed by atoms with van der Waals surface area (Å²) in [5.41, 5.74) is 5.33. The number of nitrogens with one attached hydrogen (secondary N) is 2. The molecular formula is C24H24N3O2. The van der Waals surface area contributed by atoms with Crippen molar-refractivity contribution in [2.45, 2.75) is 12.5 Å². The van der Waals surface area contributed by atoms with Gasteiger partial charge < -0.3 is 20.1 Å². The van der Waals surface area contributed by atoms with Gasteiger partial charge in [-0.3, -0.25) is 4.98 Å². The molecule has 4 aromatic rings. The van der Waals surface area contributed by atoms with Crippen LogP contribution in [0.1, 0.15) is 22.7 Å². The third kappa shape index (κ3) is 4.25. The Bertz CT molecular complexity index is 1080. The molecule has 0 aliphatic rings. The smallest absolute Gasteiger partial charge is 0.139 e. The molecule has 0 saturated carbocycles. The van der Waals surface area contributed by atoms with E-state index in [0.29, 0.717) is 12.2 Å². The average molecular weight is 386 g/mol. The summed E-state index contributed by atoms with van der Waals surface area (Å²) in [4.78, 5) is 7.63. The van der Waals surface area contributed by atoms with Crippen LogP contribution in [-0.2, 0) is 6.42 Å². The molecule has 1 atom stereocenters. The zero-order chi connectivity index (χ0) is 20.1. The first-order chi connectivity index (χ1) is 14.3. The molecule has 1 unspecified atom stereocenters. The largest absolute Gasteiger partial charge is 0.495 e. The fourth-order valence-corrected chi connectivity index (χ4v) is 3.56. The van der Waals surface area contributed by atoms with E-state index in [9.17, 15) is 5.11 Å². The average Bonchev–Trinajstić information content (AvgIpc) is 3.18. The monoisotopic (exact) mass is 386 g/mol. The number of aliphatic hydroxyl groups is 1. The van der Waals surface area contributed by atoms with E-state index < -0.39 is 0 Å². The lowest BCUT2D eigenvalue weighted by atomic mass is 9.97.